The van der Waals surface area contributed by atoms with Crippen molar-refractivity contribution in [1.82, 2.24) is 15.1 Å². The number of likely N-dealkylation sites (N-methyl/N-ethyl adjacent to an activating group) is 1. The Kier molecular flexibility index (Phi) is 5.41. The van der Waals surface area contributed by atoms with Crippen LogP contribution in [0.5, 0.6) is 0 Å². The summed E-state index contributed by atoms with van der Waals surface area (Å²) in [5, 5.41) is 8.33. The maximum Gasteiger partial charge on any atom is 0.137 e. The molecule has 0 spiro atoms. The lowest BCUT2D eigenvalue weighted by molar-refractivity contribution is 0.533. The van der Waals surface area contributed by atoms with Crippen LogP contribution in [0.15, 0.2) is 22.7 Å². The van der Waals surface area contributed by atoms with Crippen LogP contribution in [0.3, 0.4) is 0 Å². The summed E-state index contributed by atoms with van der Waals surface area (Å²) in [6.45, 7) is 4.67. The van der Waals surface area contributed by atoms with Crippen LogP contribution in [-0.2, 0) is 13.0 Å². The largest absolute Gasteiger partial charge is 0.313 e. The highest BCUT2D eigenvalue weighted by atomic mass is 79.9. The second kappa shape index (κ2) is 6.90. The molecule has 1 aromatic heterocycles. The molecule has 0 radical (unpaired) electrons. The van der Waals surface area contributed by atoms with E-state index in [1.807, 2.05) is 31.6 Å². The molecule has 114 valence electrons. The fraction of sp³-hybridized carbons (Fsp3) is 0.400. The van der Waals surface area contributed by atoms with Crippen LogP contribution < -0.4 is 5.32 Å². The second-order valence-electron chi connectivity index (χ2n) is 4.85. The van der Waals surface area contributed by atoms with Crippen molar-refractivity contribution in [3.63, 3.8) is 0 Å². The van der Waals surface area contributed by atoms with Crippen LogP contribution in [0.1, 0.15) is 29.9 Å². The van der Waals surface area contributed by atoms with Crippen molar-refractivity contribution in [2.24, 2.45) is 0 Å². The molecule has 0 aliphatic rings. The molecule has 1 aromatic carbocycles. The van der Waals surface area contributed by atoms with E-state index in [-0.39, 0.29) is 11.9 Å². The first-order valence-electron chi connectivity index (χ1n) is 6.82. The van der Waals surface area contributed by atoms with Crippen molar-refractivity contribution in [2.75, 3.05) is 7.05 Å². The van der Waals surface area contributed by atoms with Crippen LogP contribution in [0.2, 0.25) is 5.02 Å². The van der Waals surface area contributed by atoms with E-state index in [4.69, 9.17) is 11.6 Å². The predicted molar refractivity (Wildman–Crippen MR) is 87.3 cm³/mol. The Bertz CT molecular complexity index is 642. The molecule has 1 N–H and O–H groups in total. The van der Waals surface area contributed by atoms with E-state index in [9.17, 15) is 4.39 Å². The number of rotatable bonds is 5. The molecule has 0 saturated carbocycles. The molecule has 6 heteroatoms. The number of benzene rings is 1. The molecule has 2 aromatic rings. The second-order valence-corrected chi connectivity index (χ2v) is 6.02. The molecular weight excluding hydrogens is 357 g/mol. The Balaban J connectivity index is 2.38. The molecule has 0 saturated heterocycles. The van der Waals surface area contributed by atoms with Gasteiger partial charge in [0, 0.05) is 19.0 Å². The molecule has 3 nitrogen and oxygen atoms in total. The highest BCUT2D eigenvalue weighted by molar-refractivity contribution is 9.10. The van der Waals surface area contributed by atoms with Gasteiger partial charge in [0.2, 0.25) is 0 Å². The fourth-order valence-electron chi connectivity index (χ4n) is 2.41. The zero-order valence-corrected chi connectivity index (χ0v) is 14.6. The highest BCUT2D eigenvalue weighted by Gasteiger charge is 2.20. The highest BCUT2D eigenvalue weighted by Crippen LogP contribution is 2.30. The Morgan fingerprint density at radius 1 is 1.48 bits per heavy atom. The normalized spacial score (nSPS) is 12.7. The Hall–Kier alpha value is -0.910. The molecule has 0 bridgehead atoms. The van der Waals surface area contributed by atoms with Gasteiger partial charge in [-0.1, -0.05) is 23.7 Å². The van der Waals surface area contributed by atoms with Gasteiger partial charge in [0.25, 0.3) is 0 Å². The fourth-order valence-corrected chi connectivity index (χ4v) is 3.17. The third-order valence-electron chi connectivity index (χ3n) is 3.56. The van der Waals surface area contributed by atoms with Crippen molar-refractivity contribution in [3.05, 3.63) is 50.5 Å². The van der Waals surface area contributed by atoms with Crippen molar-refractivity contribution in [2.45, 2.75) is 32.9 Å². The number of hydrogen-bond donors (Lipinski definition) is 1. The van der Waals surface area contributed by atoms with Crippen LogP contribution in [-0.4, -0.2) is 16.8 Å². The molecule has 21 heavy (non-hydrogen) atoms. The number of aromatic nitrogens is 2. The molecule has 1 unspecified atom stereocenters. The first-order chi connectivity index (χ1) is 9.99. The van der Waals surface area contributed by atoms with E-state index in [0.717, 1.165) is 23.5 Å². The molecule has 1 atom stereocenters. The minimum atomic E-state index is -0.265. The molecule has 0 amide bonds. The SMILES string of the molecule is CCn1nc(C)c(Cl)c1CC(NC)c1cccc(F)c1Br. The molecule has 1 heterocycles. The summed E-state index contributed by atoms with van der Waals surface area (Å²) in [4.78, 5) is 0. The van der Waals surface area contributed by atoms with E-state index in [1.54, 1.807) is 6.07 Å². The standard InChI is InChI=1S/C15H18BrClFN3/c1-4-21-13(15(17)9(2)20-21)8-12(19-3)10-6-5-7-11(18)14(10)16/h5-7,12,19H,4,8H2,1-3H3. The van der Waals surface area contributed by atoms with E-state index in [2.05, 4.69) is 26.3 Å². The average molecular weight is 375 g/mol. The maximum atomic E-state index is 13.7. The van der Waals surface area contributed by atoms with Crippen molar-refractivity contribution < 1.29 is 4.39 Å². The lowest BCUT2D eigenvalue weighted by Gasteiger charge is -2.19. The molecule has 0 aliphatic heterocycles. The van der Waals surface area contributed by atoms with Crippen LogP contribution >= 0.6 is 27.5 Å². The Morgan fingerprint density at radius 3 is 2.81 bits per heavy atom. The van der Waals surface area contributed by atoms with Crippen molar-refractivity contribution >= 4 is 27.5 Å². The minimum absolute atomic E-state index is 0.0472. The topological polar surface area (TPSA) is 29.9 Å². The summed E-state index contributed by atoms with van der Waals surface area (Å²) >= 11 is 9.68. The first-order valence-corrected chi connectivity index (χ1v) is 7.99. The number of nitrogens with one attached hydrogen (secondary N) is 1. The summed E-state index contributed by atoms with van der Waals surface area (Å²) in [7, 11) is 1.86. The third-order valence-corrected chi connectivity index (χ3v) is 4.88. The van der Waals surface area contributed by atoms with Gasteiger partial charge in [-0.2, -0.15) is 5.10 Å². The van der Waals surface area contributed by atoms with Gasteiger partial charge < -0.3 is 5.32 Å². The van der Waals surface area contributed by atoms with Gasteiger partial charge in [-0.3, -0.25) is 4.68 Å². The molecule has 2 rings (SSSR count). The summed E-state index contributed by atoms with van der Waals surface area (Å²) in [6.07, 6.45) is 0.645. The van der Waals surface area contributed by atoms with Gasteiger partial charge >= 0.3 is 0 Å². The zero-order chi connectivity index (χ0) is 15.6. The minimum Gasteiger partial charge on any atom is -0.313 e. The van der Waals surface area contributed by atoms with E-state index < -0.39 is 0 Å². The van der Waals surface area contributed by atoms with Crippen molar-refractivity contribution in [1.29, 1.82) is 0 Å². The van der Waals surface area contributed by atoms with E-state index >= 15 is 0 Å². The number of nitrogens with zero attached hydrogens (tertiary/aromatic N) is 2. The monoisotopic (exact) mass is 373 g/mol. The predicted octanol–water partition coefficient (Wildman–Crippen LogP) is 4.27. The maximum absolute atomic E-state index is 13.7. The summed E-state index contributed by atoms with van der Waals surface area (Å²) in [5.41, 5.74) is 2.66. The first kappa shape index (κ1) is 16.5. The zero-order valence-electron chi connectivity index (χ0n) is 12.3. The van der Waals surface area contributed by atoms with Gasteiger partial charge in [0.05, 0.1) is 20.9 Å². The van der Waals surface area contributed by atoms with Crippen molar-refractivity contribution in [3.8, 4) is 0 Å². The number of aryl methyl sites for hydroxylation is 2. The summed E-state index contributed by atoms with van der Waals surface area (Å²) in [6, 6.07) is 5.01. The average Bonchev–Trinajstić information content (AvgIpc) is 2.75. The lowest BCUT2D eigenvalue weighted by Crippen LogP contribution is -2.21. The van der Waals surface area contributed by atoms with Gasteiger partial charge in [0.1, 0.15) is 5.82 Å². The number of hydrogen-bond acceptors (Lipinski definition) is 2. The van der Waals surface area contributed by atoms with Gasteiger partial charge in [-0.25, -0.2) is 4.39 Å². The lowest BCUT2D eigenvalue weighted by atomic mass is 10.0. The van der Waals surface area contributed by atoms with Crippen LogP contribution in [0.25, 0.3) is 0 Å². The van der Waals surface area contributed by atoms with Crippen LogP contribution in [0, 0.1) is 12.7 Å². The van der Waals surface area contributed by atoms with Gasteiger partial charge in [0.15, 0.2) is 0 Å². The molecule has 0 aliphatic carbocycles. The quantitative estimate of drug-likeness (QED) is 0.847. The summed E-state index contributed by atoms with van der Waals surface area (Å²) in [5.74, 6) is -0.265. The smallest absolute Gasteiger partial charge is 0.137 e. The van der Waals surface area contributed by atoms with Gasteiger partial charge in [-0.05, 0) is 48.5 Å². The Morgan fingerprint density at radius 2 is 2.19 bits per heavy atom. The number of halogens is 3. The van der Waals surface area contributed by atoms with E-state index in [0.29, 0.717) is 15.9 Å². The van der Waals surface area contributed by atoms with E-state index in [1.165, 1.54) is 6.07 Å². The molecule has 0 fully saturated rings. The Labute approximate surface area is 137 Å². The third kappa shape index (κ3) is 3.30. The van der Waals surface area contributed by atoms with Crippen LogP contribution in [0.4, 0.5) is 4.39 Å². The molecular formula is C15H18BrClFN3. The van der Waals surface area contributed by atoms with Gasteiger partial charge in [-0.15, -0.1) is 0 Å². The summed E-state index contributed by atoms with van der Waals surface area (Å²) < 4.78 is 16.1.